The van der Waals surface area contributed by atoms with Crippen molar-refractivity contribution < 1.29 is 14.5 Å². The van der Waals surface area contributed by atoms with Gasteiger partial charge in [0.2, 0.25) is 11.6 Å². The summed E-state index contributed by atoms with van der Waals surface area (Å²) in [6.45, 7) is 1.96. The number of esters is 1. The topological polar surface area (TPSA) is 132 Å². The summed E-state index contributed by atoms with van der Waals surface area (Å²) in [6, 6.07) is 14.0. The van der Waals surface area contributed by atoms with Crippen molar-refractivity contribution in [1.82, 2.24) is 15.0 Å². The lowest BCUT2D eigenvalue weighted by atomic mass is 10.2. The Labute approximate surface area is 180 Å². The fraction of sp³-hybridized carbons (Fsp3) is 0.100. The maximum atomic E-state index is 12.0. The predicted octanol–water partition coefficient (Wildman–Crippen LogP) is 4.66. The molecule has 0 atom stereocenters. The molecule has 11 heteroatoms. The molecule has 0 spiro atoms. The number of carbonyl (C=O) groups is 1. The fourth-order valence-corrected chi connectivity index (χ4v) is 3.70. The van der Waals surface area contributed by atoms with Crippen LogP contribution in [0.4, 0.5) is 28.1 Å². The first kappa shape index (κ1) is 20.2. The Morgan fingerprint density at radius 2 is 1.90 bits per heavy atom. The number of hydrogen-bond donors (Lipinski definition) is 2. The Hall–Kier alpha value is -4.12. The normalized spacial score (nSPS) is 10.6. The van der Waals surface area contributed by atoms with E-state index in [2.05, 4.69) is 25.6 Å². The summed E-state index contributed by atoms with van der Waals surface area (Å²) < 4.78 is 5.93. The summed E-state index contributed by atoms with van der Waals surface area (Å²) in [6.07, 6.45) is 1.21. The van der Waals surface area contributed by atoms with Crippen LogP contribution in [0.1, 0.15) is 17.3 Å². The van der Waals surface area contributed by atoms with Crippen LogP contribution < -0.4 is 10.6 Å². The van der Waals surface area contributed by atoms with Gasteiger partial charge in [0.25, 0.3) is 0 Å². The van der Waals surface area contributed by atoms with Crippen LogP contribution in [0.3, 0.4) is 0 Å². The molecule has 0 aliphatic heterocycles. The zero-order valence-electron chi connectivity index (χ0n) is 16.2. The molecule has 0 fully saturated rings. The second-order valence-corrected chi connectivity index (χ2v) is 7.25. The van der Waals surface area contributed by atoms with Gasteiger partial charge in [0.05, 0.1) is 27.3 Å². The molecule has 0 saturated heterocycles. The maximum Gasteiger partial charge on any atom is 0.353 e. The van der Waals surface area contributed by atoms with Gasteiger partial charge < -0.3 is 15.4 Å². The number of thiazole rings is 1. The first-order valence-corrected chi connectivity index (χ1v) is 10.0. The molecule has 4 aromatic rings. The van der Waals surface area contributed by atoms with Gasteiger partial charge in [-0.1, -0.05) is 29.5 Å². The second-order valence-electron chi connectivity index (χ2n) is 6.21. The lowest BCUT2D eigenvalue weighted by molar-refractivity contribution is -0.383. The molecule has 0 amide bonds. The number of rotatable bonds is 7. The van der Waals surface area contributed by atoms with Crippen molar-refractivity contribution in [2.24, 2.45) is 0 Å². The summed E-state index contributed by atoms with van der Waals surface area (Å²) in [7, 11) is 0. The SMILES string of the molecule is CCOC(=O)c1cccc(Nc2ncnc(Nc3nc4ccccc4s3)c2[N+](=O)[O-])c1. The van der Waals surface area contributed by atoms with Crippen molar-refractivity contribution in [2.45, 2.75) is 6.92 Å². The fourth-order valence-electron chi connectivity index (χ4n) is 2.84. The molecule has 156 valence electrons. The number of aromatic nitrogens is 3. The van der Waals surface area contributed by atoms with E-state index in [1.165, 1.54) is 23.7 Å². The molecule has 0 bridgehead atoms. The smallest absolute Gasteiger partial charge is 0.353 e. The molecule has 31 heavy (non-hydrogen) atoms. The standard InChI is InChI=1S/C20H16N6O4S/c1-2-30-19(27)12-6-5-7-13(10-12)23-17-16(26(28)29)18(22-11-21-17)25-20-24-14-8-3-4-9-15(14)31-20/h3-11H,2H2,1H3,(H2,21,22,23,24,25). The minimum absolute atomic E-state index is 0.00287. The number of nitro groups is 1. The van der Waals surface area contributed by atoms with Crippen molar-refractivity contribution in [3.63, 3.8) is 0 Å². The number of benzene rings is 2. The summed E-state index contributed by atoms with van der Waals surface area (Å²) in [5, 5.41) is 18.1. The van der Waals surface area contributed by atoms with Gasteiger partial charge in [-0.25, -0.2) is 19.7 Å². The van der Waals surface area contributed by atoms with E-state index in [1.54, 1.807) is 25.1 Å². The molecular formula is C20H16N6O4S. The van der Waals surface area contributed by atoms with Crippen LogP contribution in [0.5, 0.6) is 0 Å². The van der Waals surface area contributed by atoms with E-state index in [9.17, 15) is 14.9 Å². The highest BCUT2D eigenvalue weighted by atomic mass is 32.1. The molecule has 0 radical (unpaired) electrons. The largest absolute Gasteiger partial charge is 0.462 e. The van der Waals surface area contributed by atoms with E-state index in [-0.39, 0.29) is 23.9 Å². The van der Waals surface area contributed by atoms with Crippen LogP contribution >= 0.6 is 11.3 Å². The van der Waals surface area contributed by atoms with E-state index in [4.69, 9.17) is 4.74 Å². The lowest BCUT2D eigenvalue weighted by Gasteiger charge is -2.10. The van der Waals surface area contributed by atoms with Gasteiger partial charge in [0, 0.05) is 5.69 Å². The zero-order chi connectivity index (χ0) is 21.8. The number of para-hydroxylation sites is 1. The van der Waals surface area contributed by atoms with Crippen molar-refractivity contribution in [1.29, 1.82) is 0 Å². The van der Waals surface area contributed by atoms with Gasteiger partial charge in [-0.05, 0) is 37.3 Å². The average Bonchev–Trinajstić information content (AvgIpc) is 3.16. The minimum atomic E-state index is -0.576. The maximum absolute atomic E-state index is 12.0. The number of ether oxygens (including phenoxy) is 1. The Kier molecular flexibility index (Phi) is 5.67. The molecule has 2 aromatic heterocycles. The second kappa shape index (κ2) is 8.71. The van der Waals surface area contributed by atoms with Crippen molar-refractivity contribution >= 4 is 55.7 Å². The third kappa shape index (κ3) is 4.41. The molecule has 2 N–H and O–H groups in total. The van der Waals surface area contributed by atoms with Crippen LogP contribution in [0.25, 0.3) is 10.2 Å². The Bertz CT molecular complexity index is 1240. The molecule has 0 aliphatic rings. The van der Waals surface area contributed by atoms with E-state index < -0.39 is 10.9 Å². The summed E-state index contributed by atoms with van der Waals surface area (Å²) >= 11 is 1.36. The molecule has 4 rings (SSSR count). The number of nitrogens with one attached hydrogen (secondary N) is 2. The Morgan fingerprint density at radius 1 is 1.13 bits per heavy atom. The summed E-state index contributed by atoms with van der Waals surface area (Å²) in [5.74, 6) is -0.505. The molecule has 0 saturated carbocycles. The number of hydrogen-bond acceptors (Lipinski definition) is 10. The van der Waals surface area contributed by atoms with Crippen LogP contribution in [-0.2, 0) is 4.74 Å². The zero-order valence-corrected chi connectivity index (χ0v) is 17.0. The Morgan fingerprint density at radius 3 is 2.65 bits per heavy atom. The van der Waals surface area contributed by atoms with Crippen molar-refractivity contribution in [2.75, 3.05) is 17.2 Å². The molecule has 10 nitrogen and oxygen atoms in total. The summed E-state index contributed by atoms with van der Waals surface area (Å²) in [5.41, 5.74) is 1.19. The van der Waals surface area contributed by atoms with Crippen molar-refractivity contribution in [3.05, 3.63) is 70.5 Å². The van der Waals surface area contributed by atoms with Gasteiger partial charge in [-0.2, -0.15) is 0 Å². The third-order valence-electron chi connectivity index (χ3n) is 4.16. The number of carbonyl (C=O) groups excluding carboxylic acids is 1. The molecule has 0 aliphatic carbocycles. The first-order chi connectivity index (χ1) is 15.0. The van der Waals surface area contributed by atoms with E-state index in [1.807, 2.05) is 24.3 Å². The lowest BCUT2D eigenvalue weighted by Crippen LogP contribution is -2.07. The van der Waals surface area contributed by atoms with Crippen molar-refractivity contribution in [3.8, 4) is 0 Å². The quantitative estimate of drug-likeness (QED) is 0.241. The van der Waals surface area contributed by atoms with Crippen LogP contribution in [0, 0.1) is 10.1 Å². The van der Waals surface area contributed by atoms with Gasteiger partial charge in [-0.3, -0.25) is 10.1 Å². The molecule has 2 heterocycles. The minimum Gasteiger partial charge on any atom is -0.462 e. The third-order valence-corrected chi connectivity index (χ3v) is 5.11. The van der Waals surface area contributed by atoms with Crippen LogP contribution in [0.2, 0.25) is 0 Å². The number of anilines is 4. The van der Waals surface area contributed by atoms with Crippen LogP contribution in [-0.4, -0.2) is 32.5 Å². The van der Waals surface area contributed by atoms with Gasteiger partial charge in [-0.15, -0.1) is 0 Å². The van der Waals surface area contributed by atoms with E-state index in [0.29, 0.717) is 16.4 Å². The monoisotopic (exact) mass is 436 g/mol. The molecule has 0 unspecified atom stereocenters. The average molecular weight is 436 g/mol. The number of fused-ring (bicyclic) bond motifs is 1. The highest BCUT2D eigenvalue weighted by Crippen LogP contribution is 2.35. The van der Waals surface area contributed by atoms with Gasteiger partial charge >= 0.3 is 11.7 Å². The highest BCUT2D eigenvalue weighted by Gasteiger charge is 2.24. The van der Waals surface area contributed by atoms with E-state index >= 15 is 0 Å². The molecule has 2 aromatic carbocycles. The predicted molar refractivity (Wildman–Crippen MR) is 117 cm³/mol. The Balaban J connectivity index is 1.65. The highest BCUT2D eigenvalue weighted by molar-refractivity contribution is 7.22. The first-order valence-electron chi connectivity index (χ1n) is 9.21. The summed E-state index contributed by atoms with van der Waals surface area (Å²) in [4.78, 5) is 35.7. The van der Waals surface area contributed by atoms with E-state index in [0.717, 1.165) is 10.2 Å². The van der Waals surface area contributed by atoms with Gasteiger partial charge in [0.1, 0.15) is 6.33 Å². The number of nitrogens with zero attached hydrogens (tertiary/aromatic N) is 4. The van der Waals surface area contributed by atoms with Gasteiger partial charge in [0.15, 0.2) is 5.13 Å². The molecular weight excluding hydrogens is 420 g/mol. The van der Waals surface area contributed by atoms with Crippen LogP contribution in [0.15, 0.2) is 54.9 Å².